The van der Waals surface area contributed by atoms with Gasteiger partial charge in [-0.15, -0.1) is 0 Å². The van der Waals surface area contributed by atoms with Gasteiger partial charge in [0.2, 0.25) is 0 Å². The van der Waals surface area contributed by atoms with Crippen molar-refractivity contribution in [1.29, 1.82) is 0 Å². The molecule has 0 aliphatic heterocycles. The molecule has 122 valence electrons. The number of sulfonamides is 1. The van der Waals surface area contributed by atoms with Gasteiger partial charge in [0, 0.05) is 11.6 Å². The maximum Gasteiger partial charge on any atom is 0.339 e. The zero-order chi connectivity index (χ0) is 17.2. The largest absolute Gasteiger partial charge is 0.465 e. The summed E-state index contributed by atoms with van der Waals surface area (Å²) < 4.78 is 32.7. The fraction of sp³-hybridized carbons (Fsp3) is 0.0588. The molecule has 6 nitrogen and oxygen atoms in total. The molecule has 0 amide bonds. The lowest BCUT2D eigenvalue weighted by Gasteiger charge is -2.12. The molecule has 7 heteroatoms. The van der Waals surface area contributed by atoms with Gasteiger partial charge in [0.1, 0.15) is 4.90 Å². The molecule has 2 aromatic carbocycles. The van der Waals surface area contributed by atoms with Crippen molar-refractivity contribution >= 4 is 32.6 Å². The Bertz CT molecular complexity index is 1010. The van der Waals surface area contributed by atoms with Crippen LogP contribution in [0.3, 0.4) is 0 Å². The number of pyridine rings is 1. The fourth-order valence-corrected chi connectivity index (χ4v) is 3.61. The minimum absolute atomic E-state index is 0.0419. The highest BCUT2D eigenvalue weighted by molar-refractivity contribution is 7.93. The number of hydrogen-bond acceptors (Lipinski definition) is 5. The smallest absolute Gasteiger partial charge is 0.339 e. The van der Waals surface area contributed by atoms with Crippen LogP contribution in [0.5, 0.6) is 0 Å². The van der Waals surface area contributed by atoms with E-state index in [9.17, 15) is 13.2 Å². The second-order valence-corrected chi connectivity index (χ2v) is 6.62. The van der Waals surface area contributed by atoms with Crippen molar-refractivity contribution in [3.05, 3.63) is 66.4 Å². The molecule has 1 aromatic heterocycles. The number of benzene rings is 2. The topological polar surface area (TPSA) is 85.4 Å². The Morgan fingerprint density at radius 2 is 1.79 bits per heavy atom. The predicted molar refractivity (Wildman–Crippen MR) is 90.3 cm³/mol. The van der Waals surface area contributed by atoms with Crippen molar-refractivity contribution in [1.82, 2.24) is 4.98 Å². The lowest BCUT2D eigenvalue weighted by Crippen LogP contribution is -2.16. The van der Waals surface area contributed by atoms with Crippen LogP contribution in [-0.4, -0.2) is 26.5 Å². The molecule has 0 aliphatic rings. The van der Waals surface area contributed by atoms with E-state index in [0.717, 1.165) is 0 Å². The second kappa shape index (κ2) is 6.29. The lowest BCUT2D eigenvalue weighted by molar-refractivity contribution is 0.0602. The van der Waals surface area contributed by atoms with Gasteiger partial charge in [-0.1, -0.05) is 30.3 Å². The van der Waals surface area contributed by atoms with E-state index in [1.807, 2.05) is 0 Å². The number of anilines is 1. The van der Waals surface area contributed by atoms with Gasteiger partial charge in [0.15, 0.2) is 0 Å². The SMILES string of the molecule is COC(=O)c1ccccc1NS(=O)(=O)c1cccc2cccnc12. The highest BCUT2D eigenvalue weighted by Gasteiger charge is 2.21. The quantitative estimate of drug-likeness (QED) is 0.737. The van der Waals surface area contributed by atoms with Crippen LogP contribution in [0.15, 0.2) is 65.7 Å². The number of fused-ring (bicyclic) bond motifs is 1. The Labute approximate surface area is 139 Å². The molecule has 0 fully saturated rings. The number of carbonyl (C=O) groups excluding carboxylic acids is 1. The normalized spacial score (nSPS) is 11.2. The Kier molecular flexibility index (Phi) is 4.18. The zero-order valence-electron chi connectivity index (χ0n) is 12.8. The molecule has 24 heavy (non-hydrogen) atoms. The summed E-state index contributed by atoms with van der Waals surface area (Å²) in [6.45, 7) is 0. The van der Waals surface area contributed by atoms with Gasteiger partial charge in [-0.2, -0.15) is 0 Å². The summed E-state index contributed by atoms with van der Waals surface area (Å²) in [7, 11) is -2.69. The number of rotatable bonds is 4. The lowest BCUT2D eigenvalue weighted by atomic mass is 10.2. The van der Waals surface area contributed by atoms with Crippen LogP contribution >= 0.6 is 0 Å². The first-order valence-corrected chi connectivity index (χ1v) is 8.55. The van der Waals surface area contributed by atoms with E-state index in [1.165, 1.54) is 31.5 Å². The average molecular weight is 342 g/mol. The van der Waals surface area contributed by atoms with Gasteiger partial charge in [-0.05, 0) is 24.3 Å². The van der Waals surface area contributed by atoms with Crippen LogP contribution in [0, 0.1) is 0 Å². The standard InChI is InChI=1S/C17H14N2O4S/c1-23-17(20)13-8-2-3-9-14(13)19-24(21,22)15-10-4-6-12-7-5-11-18-16(12)15/h2-11,19H,1H3. The summed E-state index contributed by atoms with van der Waals surface area (Å²) in [6, 6.07) is 14.7. The molecule has 1 heterocycles. The molecule has 0 radical (unpaired) electrons. The van der Waals surface area contributed by atoms with E-state index >= 15 is 0 Å². The molecule has 3 rings (SSSR count). The van der Waals surface area contributed by atoms with Gasteiger partial charge >= 0.3 is 5.97 Å². The summed E-state index contributed by atoms with van der Waals surface area (Å²) in [4.78, 5) is 16.0. The fourth-order valence-electron chi connectivity index (χ4n) is 2.35. The van der Waals surface area contributed by atoms with Crippen LogP contribution in [0.2, 0.25) is 0 Å². The molecule has 0 saturated carbocycles. The molecular formula is C17H14N2O4S. The van der Waals surface area contributed by atoms with E-state index in [0.29, 0.717) is 10.9 Å². The van der Waals surface area contributed by atoms with Gasteiger partial charge in [-0.25, -0.2) is 13.2 Å². The van der Waals surface area contributed by atoms with Crippen molar-refractivity contribution in [2.24, 2.45) is 0 Å². The third kappa shape index (κ3) is 2.93. The van der Waals surface area contributed by atoms with E-state index < -0.39 is 16.0 Å². The van der Waals surface area contributed by atoms with Crippen LogP contribution in [-0.2, 0) is 14.8 Å². The minimum Gasteiger partial charge on any atom is -0.465 e. The molecule has 0 spiro atoms. The number of nitrogens with one attached hydrogen (secondary N) is 1. The summed E-state index contributed by atoms with van der Waals surface area (Å²) in [5.41, 5.74) is 0.650. The summed E-state index contributed by atoms with van der Waals surface area (Å²) in [5.74, 6) is -0.621. The predicted octanol–water partition coefficient (Wildman–Crippen LogP) is 2.82. The number of methoxy groups -OCH3 is 1. The van der Waals surface area contributed by atoms with E-state index in [2.05, 4.69) is 14.4 Å². The molecular weight excluding hydrogens is 328 g/mol. The maximum atomic E-state index is 12.8. The monoisotopic (exact) mass is 342 g/mol. The molecule has 0 aliphatic carbocycles. The third-order valence-corrected chi connectivity index (χ3v) is 4.86. The van der Waals surface area contributed by atoms with E-state index in [1.54, 1.807) is 36.4 Å². The molecule has 0 atom stereocenters. The summed E-state index contributed by atoms with van der Waals surface area (Å²) in [6.07, 6.45) is 1.53. The number of nitrogens with zero attached hydrogens (tertiary/aromatic N) is 1. The maximum absolute atomic E-state index is 12.8. The Hall–Kier alpha value is -2.93. The molecule has 1 N–H and O–H groups in total. The van der Waals surface area contributed by atoms with Gasteiger partial charge < -0.3 is 4.74 Å². The number of esters is 1. The van der Waals surface area contributed by atoms with Gasteiger partial charge in [0.05, 0.1) is 23.9 Å². The molecule has 3 aromatic rings. The Morgan fingerprint density at radius 3 is 2.58 bits per heavy atom. The summed E-state index contributed by atoms with van der Waals surface area (Å²) >= 11 is 0. The third-order valence-electron chi connectivity index (χ3n) is 3.46. The van der Waals surface area contributed by atoms with Crippen LogP contribution in [0.1, 0.15) is 10.4 Å². The van der Waals surface area contributed by atoms with Gasteiger partial charge in [-0.3, -0.25) is 9.71 Å². The highest BCUT2D eigenvalue weighted by atomic mass is 32.2. The Balaban J connectivity index is 2.08. The molecule has 0 unspecified atom stereocenters. The van der Waals surface area contributed by atoms with Crippen molar-refractivity contribution in [2.75, 3.05) is 11.8 Å². The van der Waals surface area contributed by atoms with Crippen molar-refractivity contribution in [3.63, 3.8) is 0 Å². The van der Waals surface area contributed by atoms with Crippen molar-refractivity contribution < 1.29 is 17.9 Å². The number of hydrogen-bond donors (Lipinski definition) is 1. The van der Waals surface area contributed by atoms with E-state index in [4.69, 9.17) is 0 Å². The van der Waals surface area contributed by atoms with Gasteiger partial charge in [0.25, 0.3) is 10.0 Å². The first kappa shape index (κ1) is 15.9. The Morgan fingerprint density at radius 1 is 1.04 bits per heavy atom. The zero-order valence-corrected chi connectivity index (χ0v) is 13.6. The number of ether oxygens (including phenoxy) is 1. The van der Waals surface area contributed by atoms with Crippen LogP contribution < -0.4 is 4.72 Å². The number of aromatic nitrogens is 1. The minimum atomic E-state index is -3.92. The first-order valence-electron chi connectivity index (χ1n) is 7.07. The van der Waals surface area contributed by atoms with E-state index in [-0.39, 0.29) is 16.1 Å². The van der Waals surface area contributed by atoms with Crippen molar-refractivity contribution in [3.8, 4) is 0 Å². The van der Waals surface area contributed by atoms with Crippen LogP contribution in [0.25, 0.3) is 10.9 Å². The summed E-state index contributed by atoms with van der Waals surface area (Å²) in [5, 5.41) is 0.710. The molecule has 0 saturated heterocycles. The number of carbonyl (C=O) groups is 1. The average Bonchev–Trinajstić information content (AvgIpc) is 2.60. The van der Waals surface area contributed by atoms with Crippen molar-refractivity contribution in [2.45, 2.75) is 4.90 Å². The first-order chi connectivity index (χ1) is 11.5. The molecule has 0 bridgehead atoms. The highest BCUT2D eigenvalue weighted by Crippen LogP contribution is 2.25. The van der Waals surface area contributed by atoms with Crippen LogP contribution in [0.4, 0.5) is 5.69 Å². The second-order valence-electron chi connectivity index (χ2n) is 4.97. The number of para-hydroxylation sites is 2.